The van der Waals surface area contributed by atoms with E-state index >= 15 is 0 Å². The topological polar surface area (TPSA) is 12.5 Å². The number of hydrogen-bond donors (Lipinski definition) is 0. The second-order valence-electron chi connectivity index (χ2n) is 4.60. The lowest BCUT2D eigenvalue weighted by molar-refractivity contribution is -0.194. The fourth-order valence-corrected chi connectivity index (χ4v) is 1.61. The van der Waals surface area contributed by atoms with Gasteiger partial charge in [-0.3, -0.25) is 0 Å². The van der Waals surface area contributed by atoms with Gasteiger partial charge in [-0.25, -0.2) is 0 Å². The monoisotopic (exact) mass is 237 g/mol. The second-order valence-corrected chi connectivity index (χ2v) is 4.60. The van der Waals surface area contributed by atoms with E-state index in [-0.39, 0.29) is 0 Å². The van der Waals surface area contributed by atoms with Crippen LogP contribution in [0, 0.1) is 5.41 Å². The van der Waals surface area contributed by atoms with Gasteiger partial charge in [0.05, 0.1) is 18.6 Å². The Hall–Kier alpha value is -0.710. The highest BCUT2D eigenvalue weighted by molar-refractivity contribution is 5.07. The molecule has 1 rings (SSSR count). The Balaban J connectivity index is 2.74. The number of rotatable bonds is 2. The Kier molecular flexibility index (Phi) is 3.88. The zero-order valence-corrected chi connectivity index (χ0v) is 9.90. The molecule has 16 heavy (non-hydrogen) atoms. The largest absolute Gasteiger partial charge is 0.397 e. The van der Waals surface area contributed by atoms with Crippen molar-refractivity contribution in [3.8, 4) is 0 Å². The molecule has 1 saturated heterocycles. The Morgan fingerprint density at radius 2 is 1.69 bits per heavy atom. The lowest BCUT2D eigenvalue weighted by Crippen LogP contribution is -2.37. The summed E-state index contributed by atoms with van der Waals surface area (Å²) >= 11 is 0. The maximum Gasteiger partial charge on any atom is 0.397 e. The van der Waals surface area contributed by atoms with Crippen molar-refractivity contribution in [2.45, 2.75) is 26.9 Å². The van der Waals surface area contributed by atoms with E-state index in [4.69, 9.17) is 4.74 Å². The van der Waals surface area contributed by atoms with E-state index in [9.17, 15) is 13.2 Å². The summed E-state index contributed by atoms with van der Waals surface area (Å²) in [5, 5.41) is 0. The van der Waals surface area contributed by atoms with Crippen LogP contribution in [0.2, 0.25) is 0 Å². The number of hydrogen-bond acceptors (Lipinski definition) is 2. The molecule has 0 spiro atoms. The van der Waals surface area contributed by atoms with Gasteiger partial charge >= 0.3 is 6.18 Å². The van der Waals surface area contributed by atoms with Gasteiger partial charge < -0.3 is 9.64 Å². The van der Waals surface area contributed by atoms with Gasteiger partial charge in [-0.05, 0) is 20.8 Å². The highest BCUT2D eigenvalue weighted by Crippen LogP contribution is 2.39. The SMILES string of the molecule is C/C(=C\C(C)(C)C(F)(F)F)N1CCOCC1. The average Bonchev–Trinajstić information content (AvgIpc) is 2.16. The van der Waals surface area contributed by atoms with Crippen LogP contribution in [0.1, 0.15) is 20.8 Å². The van der Waals surface area contributed by atoms with Gasteiger partial charge in [0.2, 0.25) is 0 Å². The first-order valence-electron chi connectivity index (χ1n) is 5.33. The van der Waals surface area contributed by atoms with E-state index < -0.39 is 11.6 Å². The van der Waals surface area contributed by atoms with Crippen molar-refractivity contribution in [1.82, 2.24) is 4.90 Å². The molecule has 0 aliphatic carbocycles. The number of halogens is 3. The van der Waals surface area contributed by atoms with E-state index in [1.807, 2.05) is 4.90 Å². The van der Waals surface area contributed by atoms with Crippen molar-refractivity contribution in [1.29, 1.82) is 0 Å². The van der Waals surface area contributed by atoms with Crippen molar-refractivity contribution in [2.24, 2.45) is 5.41 Å². The summed E-state index contributed by atoms with van der Waals surface area (Å²) in [4.78, 5) is 1.93. The van der Waals surface area contributed by atoms with E-state index in [1.165, 1.54) is 19.9 Å². The van der Waals surface area contributed by atoms with Gasteiger partial charge in [0, 0.05) is 18.8 Å². The molecule has 1 aliphatic rings. The first kappa shape index (κ1) is 13.4. The van der Waals surface area contributed by atoms with Gasteiger partial charge in [0.15, 0.2) is 0 Å². The van der Waals surface area contributed by atoms with Gasteiger partial charge in [0.25, 0.3) is 0 Å². The van der Waals surface area contributed by atoms with E-state index in [0.29, 0.717) is 32.0 Å². The fraction of sp³-hybridized carbons (Fsp3) is 0.818. The summed E-state index contributed by atoms with van der Waals surface area (Å²) in [7, 11) is 0. The van der Waals surface area contributed by atoms with Gasteiger partial charge in [0.1, 0.15) is 0 Å². The summed E-state index contributed by atoms with van der Waals surface area (Å²) in [5.41, 5.74) is -1.11. The van der Waals surface area contributed by atoms with E-state index in [1.54, 1.807) is 6.92 Å². The van der Waals surface area contributed by atoms with Crippen LogP contribution in [0.15, 0.2) is 11.8 Å². The maximum atomic E-state index is 12.7. The highest BCUT2D eigenvalue weighted by atomic mass is 19.4. The van der Waals surface area contributed by atoms with Crippen molar-refractivity contribution in [2.75, 3.05) is 26.3 Å². The molecule has 0 aromatic heterocycles. The zero-order valence-electron chi connectivity index (χ0n) is 9.90. The summed E-state index contributed by atoms with van der Waals surface area (Å²) < 4.78 is 43.2. The minimum atomic E-state index is -4.21. The van der Waals surface area contributed by atoms with Gasteiger partial charge in [-0.2, -0.15) is 13.2 Å². The number of morpholine rings is 1. The fourth-order valence-electron chi connectivity index (χ4n) is 1.61. The molecule has 0 N–H and O–H groups in total. The van der Waals surface area contributed by atoms with Crippen LogP contribution in [-0.2, 0) is 4.74 Å². The molecule has 94 valence electrons. The Morgan fingerprint density at radius 3 is 2.12 bits per heavy atom. The van der Waals surface area contributed by atoms with Gasteiger partial charge in [-0.1, -0.05) is 6.08 Å². The number of allylic oxidation sites excluding steroid dienone is 2. The minimum absolute atomic E-state index is 0.581. The van der Waals surface area contributed by atoms with Crippen LogP contribution in [0.3, 0.4) is 0 Å². The first-order valence-corrected chi connectivity index (χ1v) is 5.33. The highest BCUT2D eigenvalue weighted by Gasteiger charge is 2.45. The van der Waals surface area contributed by atoms with Crippen LogP contribution >= 0.6 is 0 Å². The van der Waals surface area contributed by atoms with E-state index in [2.05, 4.69) is 0 Å². The molecule has 0 atom stereocenters. The molecule has 1 aliphatic heterocycles. The molecule has 5 heteroatoms. The third-order valence-corrected chi connectivity index (χ3v) is 2.81. The Morgan fingerprint density at radius 1 is 1.19 bits per heavy atom. The quantitative estimate of drug-likeness (QED) is 0.732. The molecular formula is C11H18F3NO. The number of alkyl halides is 3. The molecule has 0 amide bonds. The van der Waals surface area contributed by atoms with Gasteiger partial charge in [-0.15, -0.1) is 0 Å². The Bertz CT molecular complexity index is 265. The van der Waals surface area contributed by atoms with Crippen LogP contribution in [0.5, 0.6) is 0 Å². The maximum absolute atomic E-state index is 12.7. The van der Waals surface area contributed by atoms with Crippen molar-refractivity contribution < 1.29 is 17.9 Å². The lowest BCUT2D eigenvalue weighted by atomic mass is 9.91. The summed E-state index contributed by atoms with van der Waals surface area (Å²) in [6.07, 6.45) is -2.92. The normalized spacial score (nSPS) is 20.1. The molecule has 0 radical (unpaired) electrons. The summed E-state index contributed by atoms with van der Waals surface area (Å²) in [5.74, 6) is 0. The second kappa shape index (κ2) is 4.65. The van der Waals surface area contributed by atoms with Crippen molar-refractivity contribution >= 4 is 0 Å². The predicted molar refractivity (Wildman–Crippen MR) is 56.0 cm³/mol. The molecule has 0 saturated carbocycles. The molecule has 0 unspecified atom stereocenters. The molecule has 0 bridgehead atoms. The van der Waals surface area contributed by atoms with Crippen molar-refractivity contribution in [3.05, 3.63) is 11.8 Å². The molecule has 1 fully saturated rings. The summed E-state index contributed by atoms with van der Waals surface area (Å²) in [6, 6.07) is 0. The number of nitrogens with zero attached hydrogens (tertiary/aromatic N) is 1. The molecular weight excluding hydrogens is 219 g/mol. The standard InChI is InChI=1S/C11H18F3NO/c1-9(15-4-6-16-7-5-15)8-10(2,3)11(12,13)14/h8H,4-7H2,1-3H3/b9-8+. The molecule has 2 nitrogen and oxygen atoms in total. The summed E-state index contributed by atoms with van der Waals surface area (Å²) in [6.45, 7) is 6.59. The molecule has 1 heterocycles. The third-order valence-electron chi connectivity index (χ3n) is 2.81. The molecule has 0 aromatic carbocycles. The van der Waals surface area contributed by atoms with E-state index in [0.717, 1.165) is 0 Å². The van der Waals surface area contributed by atoms with Crippen LogP contribution < -0.4 is 0 Å². The Labute approximate surface area is 94.1 Å². The van der Waals surface area contributed by atoms with Crippen LogP contribution in [0.4, 0.5) is 13.2 Å². The number of ether oxygens (including phenoxy) is 1. The zero-order chi connectivity index (χ0) is 12.4. The van der Waals surface area contributed by atoms with Crippen LogP contribution in [0.25, 0.3) is 0 Å². The lowest BCUT2D eigenvalue weighted by Gasteiger charge is -2.32. The van der Waals surface area contributed by atoms with Crippen molar-refractivity contribution in [3.63, 3.8) is 0 Å². The predicted octanol–water partition coefficient (Wildman–Crippen LogP) is 2.81. The molecule has 0 aromatic rings. The van der Waals surface area contributed by atoms with Crippen LogP contribution in [-0.4, -0.2) is 37.4 Å². The average molecular weight is 237 g/mol. The minimum Gasteiger partial charge on any atom is -0.378 e. The smallest absolute Gasteiger partial charge is 0.378 e. The third kappa shape index (κ3) is 3.14. The first-order chi connectivity index (χ1) is 7.24.